The Morgan fingerprint density at radius 3 is 2.39 bits per heavy atom. The van der Waals surface area contributed by atoms with E-state index < -0.39 is 0 Å². The summed E-state index contributed by atoms with van der Waals surface area (Å²) in [7, 11) is 0. The summed E-state index contributed by atoms with van der Waals surface area (Å²) < 4.78 is 5.92. The minimum absolute atomic E-state index is 0.0568. The Bertz CT molecular complexity index is 497. The van der Waals surface area contributed by atoms with Crippen LogP contribution in [-0.2, 0) is 11.3 Å². The molecule has 3 rings (SSSR count). The first-order chi connectivity index (χ1) is 11.0. The molecule has 1 aromatic rings. The third-order valence-corrected chi connectivity index (χ3v) is 5.49. The zero-order valence-corrected chi connectivity index (χ0v) is 14.6. The second-order valence-electron chi connectivity index (χ2n) is 7.71. The summed E-state index contributed by atoms with van der Waals surface area (Å²) in [5.41, 5.74) is 7.71. The van der Waals surface area contributed by atoms with E-state index in [2.05, 4.69) is 54.0 Å². The monoisotopic (exact) mass is 317 g/mol. The fourth-order valence-electron chi connectivity index (χ4n) is 4.24. The number of nitrogens with zero attached hydrogens (tertiary/aromatic N) is 2. The van der Waals surface area contributed by atoms with Gasteiger partial charge in [-0.05, 0) is 32.3 Å². The molecule has 2 aliphatic heterocycles. The van der Waals surface area contributed by atoms with E-state index >= 15 is 0 Å². The molecule has 1 unspecified atom stereocenters. The Balaban J connectivity index is 1.59. The zero-order valence-electron chi connectivity index (χ0n) is 14.6. The maximum absolute atomic E-state index is 6.24. The molecule has 2 fully saturated rings. The van der Waals surface area contributed by atoms with Gasteiger partial charge in [-0.3, -0.25) is 9.80 Å². The van der Waals surface area contributed by atoms with Crippen molar-refractivity contribution in [2.24, 2.45) is 5.73 Å². The van der Waals surface area contributed by atoms with Crippen molar-refractivity contribution in [3.63, 3.8) is 0 Å². The predicted octanol–water partition coefficient (Wildman–Crippen LogP) is 2.09. The van der Waals surface area contributed by atoms with E-state index in [0.717, 1.165) is 58.7 Å². The molecule has 0 saturated carbocycles. The Morgan fingerprint density at radius 1 is 1.09 bits per heavy atom. The van der Waals surface area contributed by atoms with Crippen LogP contribution in [0.1, 0.15) is 32.3 Å². The third kappa shape index (κ3) is 3.94. The molecule has 0 aliphatic carbocycles. The van der Waals surface area contributed by atoms with Gasteiger partial charge in [0, 0.05) is 51.4 Å². The zero-order chi connectivity index (χ0) is 16.3. The maximum atomic E-state index is 6.24. The van der Waals surface area contributed by atoms with Crippen molar-refractivity contribution in [1.82, 2.24) is 9.80 Å². The predicted molar refractivity (Wildman–Crippen MR) is 94.3 cm³/mol. The van der Waals surface area contributed by atoms with Crippen LogP contribution in [0.5, 0.6) is 0 Å². The molecule has 0 bridgehead atoms. The Hall–Kier alpha value is -0.940. The highest BCUT2D eigenvalue weighted by Crippen LogP contribution is 2.36. The summed E-state index contributed by atoms with van der Waals surface area (Å²) in [6, 6.07) is 10.8. The Labute approximate surface area is 140 Å². The highest BCUT2D eigenvalue weighted by atomic mass is 16.5. The van der Waals surface area contributed by atoms with Gasteiger partial charge in [0.2, 0.25) is 0 Å². The molecule has 2 aliphatic rings. The number of hydrogen-bond acceptors (Lipinski definition) is 4. The van der Waals surface area contributed by atoms with E-state index in [9.17, 15) is 0 Å². The molecule has 0 radical (unpaired) electrons. The van der Waals surface area contributed by atoms with Crippen LogP contribution in [0.25, 0.3) is 0 Å². The number of piperazine rings is 1. The summed E-state index contributed by atoms with van der Waals surface area (Å²) in [4.78, 5) is 5.19. The summed E-state index contributed by atoms with van der Waals surface area (Å²) in [5, 5.41) is 0. The van der Waals surface area contributed by atoms with Crippen molar-refractivity contribution in [3.05, 3.63) is 35.9 Å². The summed E-state index contributed by atoms with van der Waals surface area (Å²) >= 11 is 0. The summed E-state index contributed by atoms with van der Waals surface area (Å²) in [6.07, 6.45) is 2.10. The minimum atomic E-state index is -0.0568. The van der Waals surface area contributed by atoms with Gasteiger partial charge < -0.3 is 10.5 Å². The Morgan fingerprint density at radius 2 is 1.78 bits per heavy atom. The van der Waals surface area contributed by atoms with E-state index in [1.807, 2.05) is 0 Å². The molecular weight excluding hydrogens is 286 g/mol. The number of hydrogen-bond donors (Lipinski definition) is 1. The first-order valence-electron chi connectivity index (χ1n) is 8.88. The van der Waals surface area contributed by atoms with Gasteiger partial charge in [-0.15, -0.1) is 0 Å². The normalized spacial score (nSPS) is 29.5. The average molecular weight is 317 g/mol. The van der Waals surface area contributed by atoms with Crippen LogP contribution in [0.15, 0.2) is 30.3 Å². The standard InChI is InChI=1S/C19H31N3O/c1-18(2)15-19(16-20,8-13-23-18)22-11-9-21(10-12-22)14-17-6-4-3-5-7-17/h3-7H,8-16,20H2,1-2H3. The van der Waals surface area contributed by atoms with Crippen molar-refractivity contribution in [1.29, 1.82) is 0 Å². The molecule has 128 valence electrons. The van der Waals surface area contributed by atoms with Crippen LogP contribution in [0.3, 0.4) is 0 Å². The quantitative estimate of drug-likeness (QED) is 0.923. The summed E-state index contributed by atoms with van der Waals surface area (Å²) in [6.45, 7) is 11.5. The molecule has 4 heteroatoms. The number of nitrogens with two attached hydrogens (primary N) is 1. The van der Waals surface area contributed by atoms with Crippen LogP contribution in [0.4, 0.5) is 0 Å². The van der Waals surface area contributed by atoms with E-state index in [1.165, 1.54) is 5.56 Å². The van der Waals surface area contributed by atoms with E-state index in [-0.39, 0.29) is 11.1 Å². The van der Waals surface area contributed by atoms with E-state index in [0.29, 0.717) is 0 Å². The Kier molecular flexibility index (Phi) is 5.07. The molecular formula is C19H31N3O. The highest BCUT2D eigenvalue weighted by Gasteiger charge is 2.44. The van der Waals surface area contributed by atoms with Crippen LogP contribution in [-0.4, -0.2) is 60.3 Å². The smallest absolute Gasteiger partial charge is 0.0644 e. The second-order valence-corrected chi connectivity index (χ2v) is 7.71. The van der Waals surface area contributed by atoms with Crippen LogP contribution in [0.2, 0.25) is 0 Å². The highest BCUT2D eigenvalue weighted by molar-refractivity contribution is 5.14. The molecule has 1 atom stereocenters. The van der Waals surface area contributed by atoms with Gasteiger partial charge in [-0.1, -0.05) is 30.3 Å². The molecule has 1 aromatic carbocycles. The first kappa shape index (κ1) is 16.9. The SMILES string of the molecule is CC1(C)CC(CN)(N2CCN(Cc3ccccc3)CC2)CCO1. The molecule has 23 heavy (non-hydrogen) atoms. The van der Waals surface area contributed by atoms with Gasteiger partial charge in [-0.25, -0.2) is 0 Å². The fraction of sp³-hybridized carbons (Fsp3) is 0.684. The van der Waals surface area contributed by atoms with Crippen molar-refractivity contribution in [2.45, 2.75) is 44.4 Å². The topological polar surface area (TPSA) is 41.7 Å². The summed E-state index contributed by atoms with van der Waals surface area (Å²) in [5.74, 6) is 0. The van der Waals surface area contributed by atoms with Crippen LogP contribution in [0, 0.1) is 0 Å². The van der Waals surface area contributed by atoms with Crippen molar-refractivity contribution in [3.8, 4) is 0 Å². The van der Waals surface area contributed by atoms with Crippen molar-refractivity contribution >= 4 is 0 Å². The molecule has 2 heterocycles. The average Bonchev–Trinajstić information content (AvgIpc) is 2.55. The van der Waals surface area contributed by atoms with Crippen molar-refractivity contribution in [2.75, 3.05) is 39.3 Å². The molecule has 0 amide bonds. The number of rotatable bonds is 4. The van der Waals surface area contributed by atoms with Crippen LogP contribution >= 0.6 is 0 Å². The van der Waals surface area contributed by atoms with Crippen LogP contribution < -0.4 is 5.73 Å². The number of ether oxygens (including phenoxy) is 1. The largest absolute Gasteiger partial charge is 0.375 e. The lowest BCUT2D eigenvalue weighted by molar-refractivity contribution is -0.124. The minimum Gasteiger partial charge on any atom is -0.375 e. The molecule has 0 spiro atoms. The lowest BCUT2D eigenvalue weighted by Gasteiger charge is -2.53. The maximum Gasteiger partial charge on any atom is 0.0644 e. The lowest BCUT2D eigenvalue weighted by Crippen LogP contribution is -2.64. The van der Waals surface area contributed by atoms with Gasteiger partial charge in [-0.2, -0.15) is 0 Å². The van der Waals surface area contributed by atoms with E-state index in [1.54, 1.807) is 0 Å². The van der Waals surface area contributed by atoms with Gasteiger partial charge in [0.1, 0.15) is 0 Å². The van der Waals surface area contributed by atoms with E-state index in [4.69, 9.17) is 10.5 Å². The molecule has 0 aromatic heterocycles. The van der Waals surface area contributed by atoms with Gasteiger partial charge in [0.25, 0.3) is 0 Å². The lowest BCUT2D eigenvalue weighted by atomic mass is 9.79. The fourth-order valence-corrected chi connectivity index (χ4v) is 4.24. The van der Waals surface area contributed by atoms with Crippen molar-refractivity contribution < 1.29 is 4.74 Å². The third-order valence-electron chi connectivity index (χ3n) is 5.49. The number of benzene rings is 1. The van der Waals surface area contributed by atoms with Gasteiger partial charge >= 0.3 is 0 Å². The van der Waals surface area contributed by atoms with Gasteiger partial charge in [0.15, 0.2) is 0 Å². The molecule has 4 nitrogen and oxygen atoms in total. The molecule has 2 N–H and O–H groups in total. The molecule has 2 saturated heterocycles. The second kappa shape index (κ2) is 6.89. The first-order valence-corrected chi connectivity index (χ1v) is 8.88. The van der Waals surface area contributed by atoms with Gasteiger partial charge in [0.05, 0.1) is 5.60 Å².